The molecular weight excluding hydrogens is 357 g/mol. The van der Waals surface area contributed by atoms with Gasteiger partial charge in [0.2, 0.25) is 10.0 Å². The minimum atomic E-state index is -3.75. The van der Waals surface area contributed by atoms with Gasteiger partial charge in [0.15, 0.2) is 0 Å². The van der Waals surface area contributed by atoms with Crippen LogP contribution in [-0.2, 0) is 14.8 Å². The molecule has 0 radical (unpaired) electrons. The molecule has 0 aromatic heterocycles. The molecule has 2 atom stereocenters. The van der Waals surface area contributed by atoms with Crippen molar-refractivity contribution in [2.24, 2.45) is 0 Å². The minimum Gasteiger partial charge on any atom is -0.497 e. The Morgan fingerprint density at radius 3 is 2.50 bits per heavy atom. The summed E-state index contributed by atoms with van der Waals surface area (Å²) in [6.45, 7) is 3.89. The van der Waals surface area contributed by atoms with E-state index in [1.165, 1.54) is 22.5 Å². The molecule has 0 aliphatic carbocycles. The van der Waals surface area contributed by atoms with E-state index in [-0.39, 0.29) is 30.2 Å². The van der Waals surface area contributed by atoms with Crippen molar-refractivity contribution in [3.05, 3.63) is 59.4 Å². The zero-order valence-corrected chi connectivity index (χ0v) is 15.8. The fourth-order valence-corrected chi connectivity index (χ4v) is 4.94. The summed E-state index contributed by atoms with van der Waals surface area (Å²) in [5.74, 6) is 0.275. The van der Waals surface area contributed by atoms with E-state index in [4.69, 9.17) is 9.47 Å². The number of sulfonamides is 1. The van der Waals surface area contributed by atoms with Crippen molar-refractivity contribution in [2.45, 2.75) is 30.9 Å². The highest BCUT2D eigenvalue weighted by Gasteiger charge is 2.36. The molecule has 2 unspecified atom stereocenters. The number of hydrogen-bond acceptors (Lipinski definition) is 4. The van der Waals surface area contributed by atoms with Gasteiger partial charge in [0.25, 0.3) is 0 Å². The first kappa shape index (κ1) is 18.8. The molecule has 1 aliphatic rings. The summed E-state index contributed by atoms with van der Waals surface area (Å²) in [5, 5.41) is 0. The summed E-state index contributed by atoms with van der Waals surface area (Å²) >= 11 is 0. The zero-order valence-electron chi connectivity index (χ0n) is 15.0. The highest BCUT2D eigenvalue weighted by atomic mass is 32.2. The number of hydrogen-bond donors (Lipinski definition) is 0. The van der Waals surface area contributed by atoms with Gasteiger partial charge in [0.1, 0.15) is 11.6 Å². The lowest BCUT2D eigenvalue weighted by atomic mass is 10.1. The lowest BCUT2D eigenvalue weighted by Crippen LogP contribution is -2.48. The Balaban J connectivity index is 1.89. The monoisotopic (exact) mass is 379 g/mol. The molecule has 0 amide bonds. The maximum absolute atomic E-state index is 13.4. The summed E-state index contributed by atoms with van der Waals surface area (Å²) < 4.78 is 52.1. The summed E-state index contributed by atoms with van der Waals surface area (Å²) in [6.07, 6.45) is -0.368. The molecule has 26 heavy (non-hydrogen) atoms. The second kappa shape index (κ2) is 7.34. The van der Waals surface area contributed by atoms with Gasteiger partial charge in [0, 0.05) is 12.6 Å². The number of aryl methyl sites for hydroxylation is 1. The standard InChI is InChI=1S/C19H22FNO4S/c1-13-10-16(20)6-9-19(13)26(22,23)21-11-18(25-12-14(21)2)15-4-7-17(24-3)8-5-15/h4-10,14,18H,11-12H2,1-3H3. The van der Waals surface area contributed by atoms with Crippen LogP contribution in [0.4, 0.5) is 4.39 Å². The molecule has 7 heteroatoms. The fourth-order valence-electron chi connectivity index (χ4n) is 3.12. The van der Waals surface area contributed by atoms with Gasteiger partial charge in [-0.1, -0.05) is 12.1 Å². The Hall–Kier alpha value is -1.96. The molecule has 0 bridgehead atoms. The smallest absolute Gasteiger partial charge is 0.243 e. The van der Waals surface area contributed by atoms with Crippen molar-refractivity contribution >= 4 is 10.0 Å². The van der Waals surface area contributed by atoms with Crippen LogP contribution >= 0.6 is 0 Å². The molecule has 0 N–H and O–H groups in total. The van der Waals surface area contributed by atoms with Crippen LogP contribution in [0.2, 0.25) is 0 Å². The van der Waals surface area contributed by atoms with Gasteiger partial charge >= 0.3 is 0 Å². The van der Waals surface area contributed by atoms with Gasteiger partial charge in [-0.3, -0.25) is 0 Å². The fraction of sp³-hybridized carbons (Fsp3) is 0.368. The van der Waals surface area contributed by atoms with E-state index in [9.17, 15) is 12.8 Å². The number of nitrogens with zero attached hydrogens (tertiary/aromatic N) is 1. The first-order valence-corrected chi connectivity index (χ1v) is 9.80. The molecule has 0 saturated carbocycles. The second-order valence-corrected chi connectivity index (χ2v) is 8.29. The highest BCUT2D eigenvalue weighted by molar-refractivity contribution is 7.89. The van der Waals surface area contributed by atoms with Crippen molar-refractivity contribution in [1.29, 1.82) is 0 Å². The average molecular weight is 379 g/mol. The summed E-state index contributed by atoms with van der Waals surface area (Å²) in [6, 6.07) is 10.8. The SMILES string of the molecule is COc1ccc(C2CN(S(=O)(=O)c3ccc(F)cc3C)C(C)CO2)cc1. The van der Waals surface area contributed by atoms with Crippen LogP contribution in [-0.4, -0.2) is 39.0 Å². The van der Waals surface area contributed by atoms with E-state index in [2.05, 4.69) is 0 Å². The van der Waals surface area contributed by atoms with Crippen LogP contribution < -0.4 is 4.74 Å². The van der Waals surface area contributed by atoms with E-state index in [1.54, 1.807) is 21.0 Å². The molecule has 5 nitrogen and oxygen atoms in total. The van der Waals surface area contributed by atoms with Crippen LogP contribution in [0, 0.1) is 12.7 Å². The minimum absolute atomic E-state index is 0.126. The van der Waals surface area contributed by atoms with E-state index >= 15 is 0 Å². The van der Waals surface area contributed by atoms with Crippen molar-refractivity contribution < 1.29 is 22.3 Å². The first-order valence-electron chi connectivity index (χ1n) is 8.36. The number of methoxy groups -OCH3 is 1. The number of benzene rings is 2. The van der Waals surface area contributed by atoms with Crippen LogP contribution in [0.15, 0.2) is 47.4 Å². The molecule has 2 aromatic carbocycles. The third kappa shape index (κ3) is 3.60. The Morgan fingerprint density at radius 2 is 1.88 bits per heavy atom. The third-order valence-electron chi connectivity index (χ3n) is 4.59. The van der Waals surface area contributed by atoms with Gasteiger partial charge in [-0.25, -0.2) is 12.8 Å². The number of ether oxygens (including phenoxy) is 2. The number of rotatable bonds is 4. The summed E-state index contributed by atoms with van der Waals surface area (Å²) in [4.78, 5) is 0.126. The molecule has 2 aromatic rings. The third-order valence-corrected chi connectivity index (χ3v) is 6.73. The van der Waals surface area contributed by atoms with Crippen molar-refractivity contribution in [2.75, 3.05) is 20.3 Å². The maximum atomic E-state index is 13.4. The molecule has 0 spiro atoms. The lowest BCUT2D eigenvalue weighted by molar-refractivity contribution is -0.0288. The Kier molecular flexibility index (Phi) is 5.32. The second-order valence-electron chi connectivity index (χ2n) is 6.43. The Labute approximate surface area is 153 Å². The average Bonchev–Trinajstić information content (AvgIpc) is 2.61. The Morgan fingerprint density at radius 1 is 1.19 bits per heavy atom. The van der Waals surface area contributed by atoms with Gasteiger partial charge in [-0.15, -0.1) is 0 Å². The van der Waals surface area contributed by atoms with E-state index in [0.29, 0.717) is 5.56 Å². The topological polar surface area (TPSA) is 55.8 Å². The quantitative estimate of drug-likeness (QED) is 0.818. The van der Waals surface area contributed by atoms with Crippen LogP contribution in [0.1, 0.15) is 24.2 Å². The first-order chi connectivity index (χ1) is 12.3. The van der Waals surface area contributed by atoms with Gasteiger partial charge in [-0.2, -0.15) is 4.31 Å². The lowest BCUT2D eigenvalue weighted by Gasteiger charge is -2.37. The maximum Gasteiger partial charge on any atom is 0.243 e. The normalized spacial score (nSPS) is 21.5. The largest absolute Gasteiger partial charge is 0.497 e. The predicted octanol–water partition coefficient (Wildman–Crippen LogP) is 3.29. The Bertz CT molecular complexity index is 883. The van der Waals surface area contributed by atoms with E-state index in [1.807, 2.05) is 24.3 Å². The van der Waals surface area contributed by atoms with E-state index < -0.39 is 15.8 Å². The van der Waals surface area contributed by atoms with Crippen molar-refractivity contribution in [3.63, 3.8) is 0 Å². The molecule has 1 heterocycles. The number of morpholine rings is 1. The molecule has 140 valence electrons. The summed E-state index contributed by atoms with van der Waals surface area (Å²) in [7, 11) is -2.16. The van der Waals surface area contributed by atoms with Crippen LogP contribution in [0.25, 0.3) is 0 Å². The highest BCUT2D eigenvalue weighted by Crippen LogP contribution is 2.31. The summed E-state index contributed by atoms with van der Waals surface area (Å²) in [5.41, 5.74) is 1.28. The van der Waals surface area contributed by atoms with Gasteiger partial charge in [0.05, 0.1) is 24.7 Å². The van der Waals surface area contributed by atoms with Crippen LogP contribution in [0.5, 0.6) is 5.75 Å². The molecular formula is C19H22FNO4S. The molecule has 1 saturated heterocycles. The van der Waals surface area contributed by atoms with Crippen molar-refractivity contribution in [3.8, 4) is 5.75 Å². The van der Waals surface area contributed by atoms with Gasteiger partial charge < -0.3 is 9.47 Å². The molecule has 3 rings (SSSR count). The molecule has 1 aliphatic heterocycles. The number of halogens is 1. The predicted molar refractivity (Wildman–Crippen MR) is 96.2 cm³/mol. The van der Waals surface area contributed by atoms with Crippen molar-refractivity contribution in [1.82, 2.24) is 4.31 Å². The molecule has 1 fully saturated rings. The van der Waals surface area contributed by atoms with E-state index in [0.717, 1.165) is 11.3 Å². The van der Waals surface area contributed by atoms with Crippen LogP contribution in [0.3, 0.4) is 0 Å². The van der Waals surface area contributed by atoms with Gasteiger partial charge in [-0.05, 0) is 55.3 Å². The zero-order chi connectivity index (χ0) is 18.9.